The molecule has 0 spiro atoms. The van der Waals surface area contributed by atoms with Gasteiger partial charge in [-0.1, -0.05) is 26.0 Å². The molecule has 2 aromatic rings. The van der Waals surface area contributed by atoms with Crippen LogP contribution in [0.5, 0.6) is 0 Å². The van der Waals surface area contributed by atoms with E-state index in [1.165, 1.54) is 16.5 Å². The number of aliphatic hydroxyl groups is 1. The van der Waals surface area contributed by atoms with Gasteiger partial charge in [-0.2, -0.15) is 0 Å². The Bertz CT molecular complexity index is 502. The van der Waals surface area contributed by atoms with Gasteiger partial charge in [-0.05, 0) is 29.5 Å². The zero-order valence-corrected chi connectivity index (χ0v) is 11.2. The van der Waals surface area contributed by atoms with Crippen molar-refractivity contribution >= 4 is 10.9 Å². The van der Waals surface area contributed by atoms with Crippen molar-refractivity contribution in [3.8, 4) is 0 Å². The van der Waals surface area contributed by atoms with Crippen LogP contribution in [0.1, 0.15) is 25.8 Å². The smallest absolute Gasteiger partial charge is 0.0483 e. The molecule has 1 heterocycles. The quantitative estimate of drug-likeness (QED) is 0.822. The van der Waals surface area contributed by atoms with Gasteiger partial charge in [0.05, 0.1) is 0 Å². The lowest BCUT2D eigenvalue weighted by Crippen LogP contribution is -2.21. The molecule has 0 radical (unpaired) electrons. The fraction of sp³-hybridized carbons (Fsp3) is 0.467. The Kier molecular flexibility index (Phi) is 4.39. The third kappa shape index (κ3) is 3.12. The van der Waals surface area contributed by atoms with E-state index in [-0.39, 0.29) is 6.61 Å². The van der Waals surface area contributed by atoms with Gasteiger partial charge in [0.2, 0.25) is 0 Å². The Morgan fingerprint density at radius 3 is 2.83 bits per heavy atom. The number of nitrogens with zero attached hydrogens (tertiary/aromatic N) is 1. The first-order chi connectivity index (χ1) is 8.70. The summed E-state index contributed by atoms with van der Waals surface area (Å²) in [5.41, 5.74) is 2.56. The van der Waals surface area contributed by atoms with Crippen LogP contribution in [0.2, 0.25) is 0 Å². The Balaban J connectivity index is 2.19. The van der Waals surface area contributed by atoms with Crippen LogP contribution in [0, 0.1) is 0 Å². The van der Waals surface area contributed by atoms with Crippen LogP contribution < -0.4 is 5.32 Å². The van der Waals surface area contributed by atoms with Crippen molar-refractivity contribution in [1.29, 1.82) is 0 Å². The van der Waals surface area contributed by atoms with Crippen molar-refractivity contribution in [2.24, 2.45) is 0 Å². The van der Waals surface area contributed by atoms with E-state index in [2.05, 4.69) is 54.2 Å². The molecular weight excluding hydrogens is 224 g/mol. The average molecular weight is 246 g/mol. The maximum absolute atomic E-state index is 8.91. The monoisotopic (exact) mass is 246 g/mol. The van der Waals surface area contributed by atoms with Gasteiger partial charge in [0, 0.05) is 37.5 Å². The second-order valence-electron chi connectivity index (χ2n) is 5.02. The zero-order valence-electron chi connectivity index (χ0n) is 11.2. The molecule has 2 rings (SSSR count). The maximum atomic E-state index is 8.91. The molecule has 0 bridgehead atoms. The first-order valence-electron chi connectivity index (χ1n) is 6.62. The highest BCUT2D eigenvalue weighted by Crippen LogP contribution is 2.18. The molecule has 1 aromatic carbocycles. The number of aromatic nitrogens is 1. The van der Waals surface area contributed by atoms with Crippen LogP contribution in [0.15, 0.2) is 30.5 Å². The number of aliphatic hydroxyl groups excluding tert-OH is 1. The van der Waals surface area contributed by atoms with E-state index in [1.807, 2.05) is 0 Å². The minimum atomic E-state index is 0.244. The zero-order chi connectivity index (χ0) is 13.0. The maximum Gasteiger partial charge on any atom is 0.0483 e. The summed E-state index contributed by atoms with van der Waals surface area (Å²) < 4.78 is 2.21. The lowest BCUT2D eigenvalue weighted by Gasteiger charge is -2.09. The van der Waals surface area contributed by atoms with Crippen LogP contribution in [-0.4, -0.2) is 22.3 Å². The Labute approximate surface area is 108 Å². The number of aryl methyl sites for hydroxylation is 1. The van der Waals surface area contributed by atoms with E-state index < -0.39 is 0 Å². The molecule has 0 atom stereocenters. The van der Waals surface area contributed by atoms with Crippen LogP contribution >= 0.6 is 0 Å². The summed E-state index contributed by atoms with van der Waals surface area (Å²) in [6, 6.07) is 9.21. The standard InChI is InChI=1S/C15H22N2O/c1-12(2)16-11-13-4-5-14-6-8-17(7-3-9-18)15(14)10-13/h4-6,8,10,12,16,18H,3,7,9,11H2,1-2H3. The summed E-state index contributed by atoms with van der Waals surface area (Å²) in [5, 5.41) is 13.6. The van der Waals surface area contributed by atoms with Gasteiger partial charge in [0.1, 0.15) is 0 Å². The molecule has 0 aliphatic heterocycles. The first-order valence-corrected chi connectivity index (χ1v) is 6.62. The molecule has 1 aromatic heterocycles. The van der Waals surface area contributed by atoms with Gasteiger partial charge < -0.3 is 15.0 Å². The van der Waals surface area contributed by atoms with Gasteiger partial charge in [-0.3, -0.25) is 0 Å². The topological polar surface area (TPSA) is 37.2 Å². The summed E-state index contributed by atoms with van der Waals surface area (Å²) in [4.78, 5) is 0. The highest BCUT2D eigenvalue weighted by molar-refractivity contribution is 5.80. The molecule has 3 nitrogen and oxygen atoms in total. The van der Waals surface area contributed by atoms with E-state index in [0.717, 1.165) is 19.5 Å². The lowest BCUT2D eigenvalue weighted by atomic mass is 10.1. The highest BCUT2D eigenvalue weighted by atomic mass is 16.3. The van der Waals surface area contributed by atoms with Crippen LogP contribution in [0.4, 0.5) is 0 Å². The summed E-state index contributed by atoms with van der Waals surface area (Å²) in [6.07, 6.45) is 2.90. The van der Waals surface area contributed by atoms with Crippen molar-refractivity contribution in [2.45, 2.75) is 39.4 Å². The predicted molar refractivity (Wildman–Crippen MR) is 75.6 cm³/mol. The fourth-order valence-electron chi connectivity index (χ4n) is 2.10. The predicted octanol–water partition coefficient (Wildman–Crippen LogP) is 2.52. The van der Waals surface area contributed by atoms with Crippen molar-refractivity contribution < 1.29 is 5.11 Å². The van der Waals surface area contributed by atoms with Crippen LogP contribution in [-0.2, 0) is 13.1 Å². The molecule has 98 valence electrons. The van der Waals surface area contributed by atoms with Crippen molar-refractivity contribution in [3.63, 3.8) is 0 Å². The third-order valence-corrected chi connectivity index (χ3v) is 3.11. The summed E-state index contributed by atoms with van der Waals surface area (Å²) >= 11 is 0. The van der Waals surface area contributed by atoms with Crippen LogP contribution in [0.25, 0.3) is 10.9 Å². The van der Waals surface area contributed by atoms with Crippen LogP contribution in [0.3, 0.4) is 0 Å². The number of hydrogen-bond donors (Lipinski definition) is 2. The van der Waals surface area contributed by atoms with E-state index in [0.29, 0.717) is 6.04 Å². The van der Waals surface area contributed by atoms with E-state index in [4.69, 9.17) is 5.11 Å². The summed E-state index contributed by atoms with van der Waals surface area (Å²) in [6.45, 7) is 6.33. The lowest BCUT2D eigenvalue weighted by molar-refractivity contribution is 0.280. The number of benzene rings is 1. The largest absolute Gasteiger partial charge is 0.396 e. The van der Waals surface area contributed by atoms with Gasteiger partial charge in [0.25, 0.3) is 0 Å². The highest BCUT2D eigenvalue weighted by Gasteiger charge is 2.03. The Morgan fingerprint density at radius 1 is 1.28 bits per heavy atom. The summed E-state index contributed by atoms with van der Waals surface area (Å²) in [5.74, 6) is 0. The number of nitrogens with one attached hydrogen (secondary N) is 1. The van der Waals surface area contributed by atoms with Crippen molar-refractivity contribution in [3.05, 3.63) is 36.0 Å². The Hall–Kier alpha value is -1.32. The molecule has 0 saturated carbocycles. The van der Waals surface area contributed by atoms with Gasteiger partial charge in [-0.25, -0.2) is 0 Å². The molecule has 2 N–H and O–H groups in total. The fourth-order valence-corrected chi connectivity index (χ4v) is 2.10. The molecule has 0 saturated heterocycles. The van der Waals surface area contributed by atoms with E-state index >= 15 is 0 Å². The molecule has 0 aliphatic rings. The number of fused-ring (bicyclic) bond motifs is 1. The second-order valence-corrected chi connectivity index (χ2v) is 5.02. The molecule has 0 aliphatic carbocycles. The third-order valence-electron chi connectivity index (χ3n) is 3.11. The molecular formula is C15H22N2O. The molecule has 0 unspecified atom stereocenters. The van der Waals surface area contributed by atoms with Crippen molar-refractivity contribution in [2.75, 3.05) is 6.61 Å². The minimum Gasteiger partial charge on any atom is -0.396 e. The average Bonchev–Trinajstić information content (AvgIpc) is 2.76. The minimum absolute atomic E-state index is 0.244. The molecule has 0 fully saturated rings. The van der Waals surface area contributed by atoms with Crippen molar-refractivity contribution in [1.82, 2.24) is 9.88 Å². The summed E-state index contributed by atoms with van der Waals surface area (Å²) in [7, 11) is 0. The van der Waals surface area contributed by atoms with E-state index in [1.54, 1.807) is 0 Å². The Morgan fingerprint density at radius 2 is 2.11 bits per heavy atom. The normalized spacial score (nSPS) is 11.6. The SMILES string of the molecule is CC(C)NCc1ccc2ccn(CCCO)c2c1. The van der Waals surface area contributed by atoms with E-state index in [9.17, 15) is 0 Å². The van der Waals surface area contributed by atoms with Gasteiger partial charge in [-0.15, -0.1) is 0 Å². The molecule has 0 amide bonds. The first kappa shape index (κ1) is 13.1. The number of rotatable bonds is 6. The number of hydrogen-bond acceptors (Lipinski definition) is 2. The molecule has 3 heteroatoms. The molecule has 18 heavy (non-hydrogen) atoms. The second kappa shape index (κ2) is 6.03. The van der Waals surface area contributed by atoms with Gasteiger partial charge in [0.15, 0.2) is 0 Å². The van der Waals surface area contributed by atoms with Gasteiger partial charge >= 0.3 is 0 Å².